The summed E-state index contributed by atoms with van der Waals surface area (Å²) in [5.41, 5.74) is 6.62. The van der Waals surface area contributed by atoms with E-state index in [-0.39, 0.29) is 44.5 Å². The van der Waals surface area contributed by atoms with E-state index in [1.54, 1.807) is 24.3 Å². The van der Waals surface area contributed by atoms with E-state index >= 15 is 0 Å². The van der Waals surface area contributed by atoms with Crippen LogP contribution in [0.3, 0.4) is 0 Å². The molecule has 42 heavy (non-hydrogen) atoms. The fourth-order valence-corrected chi connectivity index (χ4v) is 5.66. The quantitative estimate of drug-likeness (QED) is 0.371. The number of amides is 4. The van der Waals surface area contributed by atoms with Gasteiger partial charge in [0.1, 0.15) is 31.0 Å². The van der Waals surface area contributed by atoms with Crippen molar-refractivity contribution < 1.29 is 28.7 Å². The third-order valence-corrected chi connectivity index (χ3v) is 7.65. The molecule has 0 unspecified atom stereocenters. The van der Waals surface area contributed by atoms with Crippen molar-refractivity contribution in [2.45, 2.75) is 50.8 Å². The predicted octanol–water partition coefficient (Wildman–Crippen LogP) is 3.77. The van der Waals surface area contributed by atoms with Crippen LogP contribution >= 0.6 is 0 Å². The average Bonchev–Trinajstić information content (AvgIpc) is 3.51. The smallest absolute Gasteiger partial charge is 0.411 e. The summed E-state index contributed by atoms with van der Waals surface area (Å²) in [5.74, 6) is -1.00. The number of carbonyl (C=O) groups is 4. The number of carbonyl (C=O) groups excluding carboxylic acids is 4. The number of benzene rings is 2. The summed E-state index contributed by atoms with van der Waals surface area (Å²) in [6, 6.07) is 12.4. The van der Waals surface area contributed by atoms with Crippen molar-refractivity contribution in [1.82, 2.24) is 9.80 Å². The Balaban J connectivity index is 1.66. The standard InChI is InChI=1S/C32H38N4O6/c1-5-14-35(31(40)42-19-22-10-8-7-9-11-22)26(16-21(3)4)29(38)36-20-32(18-27(36)28(33)37)24-17-23(41-15-6-2)12-13-25(24)34-30(32)39/h5-13,17,21,26-27H,1-2,14-16,18-20H2,3-4H3,(H2,33,37)(H,34,39)/t26-,27-,32-/m0/s1. The molecular formula is C32H38N4O6. The summed E-state index contributed by atoms with van der Waals surface area (Å²) in [6.45, 7) is 11.6. The number of anilines is 1. The summed E-state index contributed by atoms with van der Waals surface area (Å²) in [5, 5.41) is 2.88. The first-order valence-corrected chi connectivity index (χ1v) is 14.0. The zero-order chi connectivity index (χ0) is 30.4. The number of hydrogen-bond acceptors (Lipinski definition) is 6. The molecule has 2 aromatic rings. The van der Waals surface area contributed by atoms with Gasteiger partial charge in [0.15, 0.2) is 0 Å². The molecule has 0 aromatic heterocycles. The summed E-state index contributed by atoms with van der Waals surface area (Å²) >= 11 is 0. The number of fused-ring (bicyclic) bond motifs is 2. The van der Waals surface area contributed by atoms with E-state index in [2.05, 4.69) is 18.5 Å². The molecular weight excluding hydrogens is 536 g/mol. The highest BCUT2D eigenvalue weighted by atomic mass is 16.6. The minimum atomic E-state index is -1.21. The van der Waals surface area contributed by atoms with E-state index in [4.69, 9.17) is 15.2 Å². The van der Waals surface area contributed by atoms with Crippen molar-refractivity contribution in [3.63, 3.8) is 0 Å². The van der Waals surface area contributed by atoms with Gasteiger partial charge < -0.3 is 25.4 Å². The van der Waals surface area contributed by atoms with Gasteiger partial charge in [0.2, 0.25) is 17.7 Å². The van der Waals surface area contributed by atoms with E-state index < -0.39 is 35.4 Å². The van der Waals surface area contributed by atoms with Crippen molar-refractivity contribution in [2.24, 2.45) is 11.7 Å². The van der Waals surface area contributed by atoms with Crippen molar-refractivity contribution in [3.8, 4) is 5.75 Å². The lowest BCUT2D eigenvalue weighted by Gasteiger charge is -2.35. The second-order valence-electron chi connectivity index (χ2n) is 11.1. The molecule has 3 atom stereocenters. The fourth-order valence-electron chi connectivity index (χ4n) is 5.66. The first kappa shape index (κ1) is 30.4. The number of primary amides is 1. The maximum absolute atomic E-state index is 14.3. The third kappa shape index (κ3) is 6.17. The molecule has 4 rings (SSSR count). The number of ether oxygens (including phenoxy) is 2. The Kier molecular flexibility index (Phi) is 9.35. The Morgan fingerprint density at radius 1 is 1.17 bits per heavy atom. The van der Waals surface area contributed by atoms with Crippen LogP contribution < -0.4 is 15.8 Å². The van der Waals surface area contributed by atoms with Crippen LogP contribution in [0.25, 0.3) is 0 Å². The maximum atomic E-state index is 14.3. The molecule has 10 heteroatoms. The molecule has 4 amide bonds. The SMILES string of the molecule is C=CCOc1ccc2c(c1)[C@@]1(C[C@@H](C(N)=O)N(C(=O)[C@H](CC(C)C)N(CC=C)C(=O)OCc3ccccc3)C1)C(=O)N2. The molecule has 0 bridgehead atoms. The van der Waals surface area contributed by atoms with Crippen LogP contribution in [0.2, 0.25) is 0 Å². The Morgan fingerprint density at radius 2 is 1.90 bits per heavy atom. The van der Waals surface area contributed by atoms with Crippen molar-refractivity contribution >= 4 is 29.5 Å². The van der Waals surface area contributed by atoms with Gasteiger partial charge in [-0.15, -0.1) is 6.58 Å². The van der Waals surface area contributed by atoms with E-state index in [0.29, 0.717) is 23.4 Å². The van der Waals surface area contributed by atoms with Crippen LogP contribution in [0.4, 0.5) is 10.5 Å². The third-order valence-electron chi connectivity index (χ3n) is 7.65. The highest BCUT2D eigenvalue weighted by molar-refractivity contribution is 6.08. The maximum Gasteiger partial charge on any atom is 0.411 e. The van der Waals surface area contributed by atoms with Gasteiger partial charge in [0.25, 0.3) is 0 Å². The van der Waals surface area contributed by atoms with E-state index in [9.17, 15) is 19.2 Å². The van der Waals surface area contributed by atoms with Crippen molar-refractivity contribution in [3.05, 3.63) is 85.0 Å². The minimum absolute atomic E-state index is 0.00608. The molecule has 3 N–H and O–H groups in total. The molecule has 0 saturated carbocycles. The zero-order valence-electron chi connectivity index (χ0n) is 24.1. The molecule has 222 valence electrons. The first-order valence-electron chi connectivity index (χ1n) is 14.0. The monoisotopic (exact) mass is 574 g/mol. The molecule has 0 aliphatic carbocycles. The fraction of sp³-hybridized carbons (Fsp3) is 0.375. The minimum Gasteiger partial charge on any atom is -0.490 e. The van der Waals surface area contributed by atoms with Crippen LogP contribution in [-0.4, -0.2) is 65.4 Å². The number of nitrogens with two attached hydrogens (primary N) is 1. The Labute approximate surface area is 246 Å². The van der Waals surface area contributed by atoms with Crippen LogP contribution in [-0.2, 0) is 31.1 Å². The Bertz CT molecular complexity index is 1360. The largest absolute Gasteiger partial charge is 0.490 e. The topological polar surface area (TPSA) is 131 Å². The first-order chi connectivity index (χ1) is 20.1. The van der Waals surface area contributed by atoms with E-state index in [1.165, 1.54) is 15.9 Å². The van der Waals surface area contributed by atoms with Crippen molar-refractivity contribution in [1.29, 1.82) is 0 Å². The van der Waals surface area contributed by atoms with E-state index in [1.807, 2.05) is 44.2 Å². The summed E-state index contributed by atoms with van der Waals surface area (Å²) in [4.78, 5) is 56.6. The lowest BCUT2D eigenvalue weighted by molar-refractivity contribution is -0.142. The molecule has 1 saturated heterocycles. The number of nitrogens with zero attached hydrogens (tertiary/aromatic N) is 2. The number of nitrogens with one attached hydrogen (secondary N) is 1. The van der Waals surface area contributed by atoms with Gasteiger partial charge in [-0.25, -0.2) is 4.79 Å². The van der Waals surface area contributed by atoms with E-state index in [0.717, 1.165) is 5.56 Å². The number of rotatable bonds is 12. The molecule has 0 radical (unpaired) electrons. The highest BCUT2D eigenvalue weighted by Crippen LogP contribution is 2.48. The van der Waals surface area contributed by atoms with Gasteiger partial charge in [-0.05, 0) is 48.1 Å². The lowest BCUT2D eigenvalue weighted by atomic mass is 9.79. The Morgan fingerprint density at radius 3 is 2.55 bits per heavy atom. The highest BCUT2D eigenvalue weighted by Gasteiger charge is 2.58. The molecule has 2 aliphatic rings. The second-order valence-corrected chi connectivity index (χ2v) is 11.1. The second kappa shape index (κ2) is 12.9. The van der Waals surface area contributed by atoms with Crippen LogP contribution in [0, 0.1) is 5.92 Å². The Hall–Kier alpha value is -4.60. The molecule has 2 aliphatic heterocycles. The molecule has 2 aromatic carbocycles. The van der Waals surface area contributed by atoms with Gasteiger partial charge in [0.05, 0.1) is 5.41 Å². The molecule has 2 heterocycles. The molecule has 1 spiro atoms. The van der Waals surface area contributed by atoms with Gasteiger partial charge in [-0.1, -0.05) is 62.9 Å². The van der Waals surface area contributed by atoms with Gasteiger partial charge >= 0.3 is 6.09 Å². The van der Waals surface area contributed by atoms with Crippen LogP contribution in [0.15, 0.2) is 73.8 Å². The summed E-state index contributed by atoms with van der Waals surface area (Å²) < 4.78 is 11.3. The molecule has 1 fully saturated rings. The van der Waals surface area contributed by atoms with Crippen LogP contribution in [0.1, 0.15) is 37.8 Å². The number of hydrogen-bond donors (Lipinski definition) is 2. The van der Waals surface area contributed by atoms with Crippen LogP contribution in [0.5, 0.6) is 5.75 Å². The van der Waals surface area contributed by atoms with Crippen molar-refractivity contribution in [2.75, 3.05) is 25.0 Å². The predicted molar refractivity (Wildman–Crippen MR) is 159 cm³/mol. The normalized spacial score (nSPS) is 19.6. The van der Waals surface area contributed by atoms with Gasteiger partial charge in [-0.2, -0.15) is 0 Å². The zero-order valence-corrected chi connectivity index (χ0v) is 24.1. The summed E-state index contributed by atoms with van der Waals surface area (Å²) in [7, 11) is 0. The van der Waals surface area contributed by atoms with Gasteiger partial charge in [0, 0.05) is 18.8 Å². The average molecular weight is 575 g/mol. The summed E-state index contributed by atoms with van der Waals surface area (Å²) in [6.07, 6.45) is 2.75. The lowest BCUT2D eigenvalue weighted by Crippen LogP contribution is -2.55. The number of likely N-dealkylation sites (tertiary alicyclic amines) is 1. The molecule has 10 nitrogen and oxygen atoms in total. The van der Waals surface area contributed by atoms with Gasteiger partial charge in [-0.3, -0.25) is 19.3 Å².